The highest BCUT2D eigenvalue weighted by atomic mass is 15.2. The van der Waals surface area contributed by atoms with Crippen molar-refractivity contribution in [2.45, 2.75) is 70.9 Å². The standard InChI is InChI=1S/C14H28N2/c1-14(2)8-10-16(11-9-14)13-7-5-3-4-6-12(13)15/h12-13H,3-11,15H2,1-2H3. The van der Waals surface area contributed by atoms with E-state index in [2.05, 4.69) is 18.7 Å². The second-order valence-electron chi connectivity index (χ2n) is 6.57. The van der Waals surface area contributed by atoms with Crippen LogP contribution < -0.4 is 5.73 Å². The summed E-state index contributed by atoms with van der Waals surface area (Å²) in [6, 6.07) is 1.11. The monoisotopic (exact) mass is 224 g/mol. The van der Waals surface area contributed by atoms with Crippen LogP contribution in [0, 0.1) is 5.41 Å². The fourth-order valence-electron chi connectivity index (χ4n) is 3.23. The van der Waals surface area contributed by atoms with Crippen molar-refractivity contribution >= 4 is 0 Å². The predicted molar refractivity (Wildman–Crippen MR) is 69.4 cm³/mol. The average molecular weight is 224 g/mol. The van der Waals surface area contributed by atoms with Gasteiger partial charge in [-0.15, -0.1) is 0 Å². The topological polar surface area (TPSA) is 29.3 Å². The van der Waals surface area contributed by atoms with Gasteiger partial charge in [-0.3, -0.25) is 4.90 Å². The van der Waals surface area contributed by atoms with Crippen molar-refractivity contribution in [3.63, 3.8) is 0 Å². The van der Waals surface area contributed by atoms with Crippen LogP contribution in [0.4, 0.5) is 0 Å². The first-order valence-corrected chi connectivity index (χ1v) is 7.08. The summed E-state index contributed by atoms with van der Waals surface area (Å²) in [4.78, 5) is 2.68. The molecule has 1 aliphatic carbocycles. The fraction of sp³-hybridized carbons (Fsp3) is 1.00. The molecule has 1 saturated carbocycles. The van der Waals surface area contributed by atoms with Gasteiger partial charge >= 0.3 is 0 Å². The van der Waals surface area contributed by atoms with Crippen LogP contribution in [-0.4, -0.2) is 30.1 Å². The van der Waals surface area contributed by atoms with Crippen molar-refractivity contribution in [2.75, 3.05) is 13.1 Å². The van der Waals surface area contributed by atoms with Crippen molar-refractivity contribution in [3.05, 3.63) is 0 Å². The summed E-state index contributed by atoms with van der Waals surface area (Å²) in [5, 5.41) is 0. The first kappa shape index (κ1) is 12.4. The molecule has 2 nitrogen and oxygen atoms in total. The number of hydrogen-bond acceptors (Lipinski definition) is 2. The number of nitrogens with two attached hydrogens (primary N) is 1. The molecule has 94 valence electrons. The number of rotatable bonds is 1. The molecule has 2 rings (SSSR count). The second-order valence-corrected chi connectivity index (χ2v) is 6.57. The molecule has 1 saturated heterocycles. The lowest BCUT2D eigenvalue weighted by atomic mass is 9.81. The lowest BCUT2D eigenvalue weighted by Gasteiger charge is -2.42. The minimum absolute atomic E-state index is 0.434. The van der Waals surface area contributed by atoms with Gasteiger partial charge in [-0.05, 0) is 44.2 Å². The van der Waals surface area contributed by atoms with E-state index in [1.54, 1.807) is 0 Å². The summed E-state index contributed by atoms with van der Waals surface area (Å²) >= 11 is 0. The van der Waals surface area contributed by atoms with E-state index in [-0.39, 0.29) is 0 Å². The lowest BCUT2D eigenvalue weighted by molar-refractivity contribution is 0.0787. The molecule has 2 unspecified atom stereocenters. The molecular weight excluding hydrogens is 196 g/mol. The van der Waals surface area contributed by atoms with Crippen LogP contribution in [0.15, 0.2) is 0 Å². The lowest BCUT2D eigenvalue weighted by Crippen LogP contribution is -2.51. The maximum Gasteiger partial charge on any atom is 0.0247 e. The zero-order valence-electron chi connectivity index (χ0n) is 11.0. The van der Waals surface area contributed by atoms with Gasteiger partial charge in [-0.25, -0.2) is 0 Å². The Morgan fingerprint density at radius 3 is 2.31 bits per heavy atom. The Morgan fingerprint density at radius 2 is 1.62 bits per heavy atom. The first-order chi connectivity index (χ1) is 7.58. The Labute approximate surface area is 101 Å². The highest BCUT2D eigenvalue weighted by molar-refractivity contribution is 4.88. The van der Waals surface area contributed by atoms with Crippen molar-refractivity contribution in [1.82, 2.24) is 4.90 Å². The van der Waals surface area contributed by atoms with Gasteiger partial charge in [0.15, 0.2) is 0 Å². The number of piperidine rings is 1. The molecule has 16 heavy (non-hydrogen) atoms. The second kappa shape index (κ2) is 5.05. The van der Waals surface area contributed by atoms with Crippen LogP contribution in [0.5, 0.6) is 0 Å². The Bertz CT molecular complexity index is 215. The van der Waals surface area contributed by atoms with Gasteiger partial charge in [0.2, 0.25) is 0 Å². The summed E-state index contributed by atoms with van der Waals surface area (Å²) < 4.78 is 0. The fourth-order valence-corrected chi connectivity index (χ4v) is 3.23. The van der Waals surface area contributed by atoms with Gasteiger partial charge in [-0.2, -0.15) is 0 Å². The molecule has 2 heteroatoms. The van der Waals surface area contributed by atoms with Crippen LogP contribution in [0.2, 0.25) is 0 Å². The smallest absolute Gasteiger partial charge is 0.0247 e. The highest BCUT2D eigenvalue weighted by Gasteiger charge is 2.32. The third-order valence-electron chi connectivity index (χ3n) is 4.65. The average Bonchev–Trinajstić information content (AvgIpc) is 2.44. The SMILES string of the molecule is CC1(C)CCN(C2CCCCCC2N)CC1. The van der Waals surface area contributed by atoms with E-state index in [9.17, 15) is 0 Å². The van der Waals surface area contributed by atoms with E-state index in [1.165, 1.54) is 58.0 Å². The maximum atomic E-state index is 6.34. The summed E-state index contributed by atoms with van der Waals surface area (Å²) in [6.07, 6.45) is 9.39. The van der Waals surface area contributed by atoms with E-state index < -0.39 is 0 Å². The summed E-state index contributed by atoms with van der Waals surface area (Å²) in [7, 11) is 0. The Morgan fingerprint density at radius 1 is 1.00 bits per heavy atom. The van der Waals surface area contributed by atoms with Crippen LogP contribution in [0.25, 0.3) is 0 Å². The van der Waals surface area contributed by atoms with Gasteiger partial charge in [0.1, 0.15) is 0 Å². The van der Waals surface area contributed by atoms with E-state index >= 15 is 0 Å². The molecular formula is C14H28N2. The quantitative estimate of drug-likeness (QED) is 0.694. The highest BCUT2D eigenvalue weighted by Crippen LogP contribution is 2.32. The number of likely N-dealkylation sites (tertiary alicyclic amines) is 1. The molecule has 2 aliphatic rings. The van der Waals surface area contributed by atoms with Crippen LogP contribution >= 0.6 is 0 Å². The molecule has 0 radical (unpaired) electrons. The van der Waals surface area contributed by atoms with Crippen molar-refractivity contribution in [3.8, 4) is 0 Å². The number of nitrogens with zero attached hydrogens (tertiary/aromatic N) is 1. The van der Waals surface area contributed by atoms with Gasteiger partial charge in [-0.1, -0.05) is 33.1 Å². The molecule has 0 aromatic carbocycles. The molecule has 2 fully saturated rings. The minimum atomic E-state index is 0.434. The Kier molecular flexibility index (Phi) is 3.91. The predicted octanol–water partition coefficient (Wildman–Crippen LogP) is 2.77. The summed E-state index contributed by atoms with van der Waals surface area (Å²) in [5.74, 6) is 0. The first-order valence-electron chi connectivity index (χ1n) is 7.08. The van der Waals surface area contributed by atoms with Crippen LogP contribution in [0.1, 0.15) is 58.8 Å². The molecule has 0 amide bonds. The number of hydrogen-bond donors (Lipinski definition) is 1. The molecule has 2 N–H and O–H groups in total. The molecule has 0 aromatic rings. The van der Waals surface area contributed by atoms with Crippen molar-refractivity contribution < 1.29 is 0 Å². The molecule has 2 atom stereocenters. The van der Waals surface area contributed by atoms with Crippen LogP contribution in [-0.2, 0) is 0 Å². The Balaban J connectivity index is 1.91. The minimum Gasteiger partial charge on any atom is -0.326 e. The zero-order valence-corrected chi connectivity index (χ0v) is 11.0. The van der Waals surface area contributed by atoms with E-state index in [0.717, 1.165) is 0 Å². The molecule has 0 spiro atoms. The van der Waals surface area contributed by atoms with Crippen molar-refractivity contribution in [1.29, 1.82) is 0 Å². The third-order valence-corrected chi connectivity index (χ3v) is 4.65. The van der Waals surface area contributed by atoms with Crippen molar-refractivity contribution in [2.24, 2.45) is 11.1 Å². The van der Waals surface area contributed by atoms with Gasteiger partial charge in [0.25, 0.3) is 0 Å². The van der Waals surface area contributed by atoms with Gasteiger partial charge < -0.3 is 5.73 Å². The van der Waals surface area contributed by atoms with E-state index in [4.69, 9.17) is 5.73 Å². The summed E-state index contributed by atoms with van der Waals surface area (Å²) in [5.41, 5.74) is 6.90. The van der Waals surface area contributed by atoms with Gasteiger partial charge in [0, 0.05) is 12.1 Å². The molecule has 0 bridgehead atoms. The van der Waals surface area contributed by atoms with Crippen LogP contribution in [0.3, 0.4) is 0 Å². The van der Waals surface area contributed by atoms with E-state index in [1.807, 2.05) is 0 Å². The normalized spacial score (nSPS) is 36.9. The molecule has 1 aliphatic heterocycles. The van der Waals surface area contributed by atoms with E-state index in [0.29, 0.717) is 17.5 Å². The van der Waals surface area contributed by atoms with Gasteiger partial charge in [0.05, 0.1) is 0 Å². The maximum absolute atomic E-state index is 6.34. The third kappa shape index (κ3) is 2.98. The molecule has 0 aromatic heterocycles. The Hall–Kier alpha value is -0.0800. The zero-order chi connectivity index (χ0) is 11.6. The summed E-state index contributed by atoms with van der Waals surface area (Å²) in [6.45, 7) is 7.34. The largest absolute Gasteiger partial charge is 0.326 e. The molecule has 1 heterocycles.